The molecule has 0 heterocycles. The number of aliphatic hydroxyl groups is 1. The normalized spacial score (nSPS) is 13.9. The zero-order chi connectivity index (χ0) is 13.9. The summed E-state index contributed by atoms with van der Waals surface area (Å²) in [6, 6.07) is 0. The van der Waals surface area contributed by atoms with Crippen molar-refractivity contribution in [2.24, 2.45) is 0 Å². The molecular formula is C6H11NO10S. The van der Waals surface area contributed by atoms with Crippen LogP contribution in [0.25, 0.3) is 0 Å². The maximum Gasteiger partial charge on any atom is 0.448 e. The largest absolute Gasteiger partial charge is 0.481 e. The molecule has 0 aliphatic heterocycles. The Balaban J connectivity index is 0. The second kappa shape index (κ2) is 6.25. The molecule has 0 saturated heterocycles. The molecule has 0 aliphatic rings. The second-order valence-corrected chi connectivity index (χ2v) is 3.99. The van der Waals surface area contributed by atoms with Gasteiger partial charge in [0.1, 0.15) is 0 Å². The molecule has 12 heteroatoms. The standard InChI is InChI=1S/C6H8O10S.H3N/c7-3(8)1-6(12,5(10)11)2-4(9)16-17(13,14)15;/h12H,1-2H2,(H,7,8)(H,10,11)(H,13,14,15);1H3. The van der Waals surface area contributed by atoms with Crippen molar-refractivity contribution in [1.29, 1.82) is 0 Å². The number of carbonyl (C=O) groups excluding carboxylic acids is 1. The molecule has 106 valence electrons. The molecule has 0 aromatic heterocycles. The molecule has 0 aromatic rings. The van der Waals surface area contributed by atoms with E-state index in [1.807, 2.05) is 0 Å². The van der Waals surface area contributed by atoms with Gasteiger partial charge < -0.3 is 25.7 Å². The van der Waals surface area contributed by atoms with Crippen LogP contribution in [0.4, 0.5) is 0 Å². The molecule has 18 heavy (non-hydrogen) atoms. The van der Waals surface area contributed by atoms with Gasteiger partial charge in [-0.05, 0) is 0 Å². The van der Waals surface area contributed by atoms with Crippen LogP contribution in [0.1, 0.15) is 12.8 Å². The maximum atomic E-state index is 10.8. The Morgan fingerprint density at radius 3 is 1.83 bits per heavy atom. The molecule has 0 amide bonds. The fourth-order valence-corrected chi connectivity index (χ4v) is 1.14. The predicted molar refractivity (Wildman–Crippen MR) is 52.1 cm³/mol. The molecule has 0 fully saturated rings. The summed E-state index contributed by atoms with van der Waals surface area (Å²) >= 11 is 0. The van der Waals surface area contributed by atoms with Crippen molar-refractivity contribution >= 4 is 28.3 Å². The van der Waals surface area contributed by atoms with Gasteiger partial charge in [-0.3, -0.25) is 14.1 Å². The minimum absolute atomic E-state index is 0. The highest BCUT2D eigenvalue weighted by atomic mass is 32.3. The number of hydrogen-bond donors (Lipinski definition) is 5. The Morgan fingerprint density at radius 2 is 1.56 bits per heavy atom. The van der Waals surface area contributed by atoms with E-state index in [4.69, 9.17) is 14.8 Å². The monoisotopic (exact) mass is 289 g/mol. The average molecular weight is 289 g/mol. The lowest BCUT2D eigenvalue weighted by Crippen LogP contribution is -2.43. The van der Waals surface area contributed by atoms with E-state index < -0.39 is 46.7 Å². The Bertz CT molecular complexity index is 441. The summed E-state index contributed by atoms with van der Waals surface area (Å²) in [5.74, 6) is -5.58. The zero-order valence-electron chi connectivity index (χ0n) is 8.77. The van der Waals surface area contributed by atoms with Crippen LogP contribution >= 0.6 is 0 Å². The molecule has 0 spiro atoms. The number of aliphatic carboxylic acids is 2. The molecule has 7 N–H and O–H groups in total. The van der Waals surface area contributed by atoms with Crippen LogP contribution in [0, 0.1) is 0 Å². The van der Waals surface area contributed by atoms with Gasteiger partial charge in [-0.25, -0.2) is 4.79 Å². The molecule has 1 unspecified atom stereocenters. The number of rotatable bonds is 6. The minimum atomic E-state index is -5.15. The van der Waals surface area contributed by atoms with Gasteiger partial charge in [-0.15, -0.1) is 0 Å². The van der Waals surface area contributed by atoms with Gasteiger partial charge >= 0.3 is 28.3 Å². The van der Waals surface area contributed by atoms with Crippen LogP contribution < -0.4 is 6.15 Å². The average Bonchev–Trinajstić information content (AvgIpc) is 1.96. The Morgan fingerprint density at radius 1 is 1.11 bits per heavy atom. The summed E-state index contributed by atoms with van der Waals surface area (Å²) in [6.45, 7) is 0. The van der Waals surface area contributed by atoms with Crippen LogP contribution in [0.3, 0.4) is 0 Å². The Hall–Kier alpha value is -1.76. The summed E-state index contributed by atoms with van der Waals surface area (Å²) in [7, 11) is -5.15. The first kappa shape index (κ1) is 18.6. The number of hydrogen-bond acceptors (Lipinski definition) is 8. The first-order valence-electron chi connectivity index (χ1n) is 3.83. The van der Waals surface area contributed by atoms with Gasteiger partial charge in [-0.2, -0.15) is 8.42 Å². The lowest BCUT2D eigenvalue weighted by molar-refractivity contribution is -0.169. The van der Waals surface area contributed by atoms with Gasteiger partial charge in [0.2, 0.25) is 0 Å². The Kier molecular flexibility index (Phi) is 6.46. The highest BCUT2D eigenvalue weighted by molar-refractivity contribution is 7.81. The SMILES string of the molecule is N.O=C(O)CC(O)(CC(=O)OS(=O)(=O)O)C(=O)O. The maximum absolute atomic E-state index is 10.8. The molecule has 0 aromatic carbocycles. The van der Waals surface area contributed by atoms with Crippen molar-refractivity contribution in [3.63, 3.8) is 0 Å². The smallest absolute Gasteiger partial charge is 0.448 e. The minimum Gasteiger partial charge on any atom is -0.481 e. The molecule has 0 bridgehead atoms. The highest BCUT2D eigenvalue weighted by Crippen LogP contribution is 2.17. The fraction of sp³-hybridized carbons (Fsp3) is 0.500. The van der Waals surface area contributed by atoms with Crippen molar-refractivity contribution < 1.29 is 46.9 Å². The van der Waals surface area contributed by atoms with Crippen LogP contribution in [0.2, 0.25) is 0 Å². The van der Waals surface area contributed by atoms with E-state index in [2.05, 4.69) is 4.18 Å². The quantitative estimate of drug-likeness (QED) is 0.343. The topological polar surface area (TPSA) is 210 Å². The van der Waals surface area contributed by atoms with Crippen molar-refractivity contribution in [3.8, 4) is 0 Å². The van der Waals surface area contributed by atoms with Crippen LogP contribution in [-0.4, -0.2) is 51.8 Å². The number of carboxylic acids is 2. The number of carboxylic acid groups (broad SMARTS) is 2. The van der Waals surface area contributed by atoms with Crippen molar-refractivity contribution in [2.45, 2.75) is 18.4 Å². The van der Waals surface area contributed by atoms with Gasteiger partial charge in [0, 0.05) is 0 Å². The summed E-state index contributed by atoms with van der Waals surface area (Å²) in [5, 5.41) is 26.1. The van der Waals surface area contributed by atoms with Gasteiger partial charge in [0.05, 0.1) is 12.8 Å². The van der Waals surface area contributed by atoms with E-state index in [-0.39, 0.29) is 6.15 Å². The zero-order valence-corrected chi connectivity index (χ0v) is 9.58. The lowest BCUT2D eigenvalue weighted by atomic mass is 9.96. The first-order valence-corrected chi connectivity index (χ1v) is 5.20. The Labute approximate surface area is 101 Å². The van der Waals surface area contributed by atoms with E-state index in [1.165, 1.54) is 0 Å². The van der Waals surface area contributed by atoms with E-state index >= 15 is 0 Å². The summed E-state index contributed by atoms with van der Waals surface area (Å²) in [5.41, 5.74) is -3.02. The fourth-order valence-electron chi connectivity index (χ4n) is 0.850. The van der Waals surface area contributed by atoms with Crippen LogP contribution in [0.5, 0.6) is 0 Å². The molecule has 0 rings (SSSR count). The molecule has 0 aliphatic carbocycles. The molecule has 0 saturated carbocycles. The van der Waals surface area contributed by atoms with Crippen LogP contribution in [0.15, 0.2) is 0 Å². The highest BCUT2D eigenvalue weighted by Gasteiger charge is 2.42. The van der Waals surface area contributed by atoms with Gasteiger partial charge in [-0.1, -0.05) is 0 Å². The number of carbonyl (C=O) groups is 3. The molecule has 11 nitrogen and oxygen atoms in total. The third kappa shape index (κ3) is 6.74. The van der Waals surface area contributed by atoms with E-state index in [9.17, 15) is 27.9 Å². The third-order valence-corrected chi connectivity index (χ3v) is 1.87. The molecule has 1 atom stereocenters. The van der Waals surface area contributed by atoms with Gasteiger partial charge in [0.25, 0.3) is 0 Å². The third-order valence-electron chi connectivity index (χ3n) is 1.48. The van der Waals surface area contributed by atoms with Crippen molar-refractivity contribution in [1.82, 2.24) is 6.15 Å². The van der Waals surface area contributed by atoms with Crippen molar-refractivity contribution in [2.75, 3.05) is 0 Å². The first-order chi connectivity index (χ1) is 7.46. The van der Waals surface area contributed by atoms with E-state index in [0.29, 0.717) is 0 Å². The van der Waals surface area contributed by atoms with E-state index in [0.717, 1.165) is 0 Å². The van der Waals surface area contributed by atoms with Crippen LogP contribution in [-0.2, 0) is 29.0 Å². The van der Waals surface area contributed by atoms with E-state index in [1.54, 1.807) is 0 Å². The molecule has 0 radical (unpaired) electrons. The predicted octanol–water partition coefficient (Wildman–Crippen LogP) is -1.83. The summed E-state index contributed by atoms with van der Waals surface area (Å²) < 4.78 is 31.6. The van der Waals surface area contributed by atoms with Gasteiger partial charge in [0.15, 0.2) is 5.60 Å². The lowest BCUT2D eigenvalue weighted by Gasteiger charge is -2.19. The summed E-state index contributed by atoms with van der Waals surface area (Å²) in [4.78, 5) is 31.6. The second-order valence-electron chi connectivity index (χ2n) is 2.97. The molecular weight excluding hydrogens is 278 g/mol. The van der Waals surface area contributed by atoms with Crippen molar-refractivity contribution in [3.05, 3.63) is 0 Å². The summed E-state index contributed by atoms with van der Waals surface area (Å²) in [6.07, 6.45) is -2.79.